The van der Waals surface area contributed by atoms with Crippen molar-refractivity contribution in [2.75, 3.05) is 13.7 Å². The molecular formula is C17H19N7O3. The molecular weight excluding hydrogens is 350 g/mol. The van der Waals surface area contributed by atoms with Gasteiger partial charge in [0.05, 0.1) is 12.6 Å². The molecule has 0 aliphatic rings. The first kappa shape index (κ1) is 18.4. The number of methoxy groups -OCH3 is 1. The molecule has 3 rings (SSSR count). The van der Waals surface area contributed by atoms with Crippen molar-refractivity contribution < 1.29 is 9.53 Å². The van der Waals surface area contributed by atoms with Gasteiger partial charge in [-0.3, -0.25) is 14.6 Å². The number of rotatable bonds is 7. The van der Waals surface area contributed by atoms with Crippen molar-refractivity contribution in [1.82, 2.24) is 35.0 Å². The normalized spacial score (nSPS) is 11.9. The molecule has 0 unspecified atom stereocenters. The van der Waals surface area contributed by atoms with Gasteiger partial charge in [-0.05, 0) is 19.1 Å². The molecule has 0 radical (unpaired) electrons. The Labute approximate surface area is 154 Å². The molecule has 0 bridgehead atoms. The highest BCUT2D eigenvalue weighted by Crippen LogP contribution is 2.12. The number of aromatic nitrogens is 6. The highest BCUT2D eigenvalue weighted by atomic mass is 16.5. The van der Waals surface area contributed by atoms with Crippen molar-refractivity contribution in [3.05, 3.63) is 58.8 Å². The molecule has 0 aromatic carbocycles. The Morgan fingerprint density at radius 2 is 2.26 bits per heavy atom. The van der Waals surface area contributed by atoms with Crippen molar-refractivity contribution in [1.29, 1.82) is 0 Å². The minimum atomic E-state index is -0.546. The van der Waals surface area contributed by atoms with E-state index < -0.39 is 17.5 Å². The van der Waals surface area contributed by atoms with Gasteiger partial charge in [0.1, 0.15) is 17.7 Å². The van der Waals surface area contributed by atoms with Crippen LogP contribution in [-0.4, -0.2) is 49.3 Å². The van der Waals surface area contributed by atoms with Crippen molar-refractivity contribution in [3.8, 4) is 11.4 Å². The van der Waals surface area contributed by atoms with Crippen LogP contribution in [0.25, 0.3) is 11.4 Å². The first-order valence-corrected chi connectivity index (χ1v) is 8.27. The molecule has 0 saturated heterocycles. The highest BCUT2D eigenvalue weighted by Gasteiger charge is 2.19. The number of ether oxygens (including phenoxy) is 1. The van der Waals surface area contributed by atoms with Crippen LogP contribution in [-0.2, 0) is 11.3 Å². The predicted octanol–water partition coefficient (Wildman–Crippen LogP) is 0.561. The van der Waals surface area contributed by atoms with Gasteiger partial charge in [-0.25, -0.2) is 4.98 Å². The summed E-state index contributed by atoms with van der Waals surface area (Å²) in [6.07, 6.45) is 6.01. The Bertz CT molecular complexity index is 968. The fraction of sp³-hybridized carbons (Fsp3) is 0.294. The lowest BCUT2D eigenvalue weighted by Crippen LogP contribution is -2.33. The molecule has 2 N–H and O–H groups in total. The van der Waals surface area contributed by atoms with Gasteiger partial charge in [-0.2, -0.15) is 0 Å². The Balaban J connectivity index is 1.75. The number of carbonyl (C=O) groups excluding carboxylic acids is 1. The molecule has 3 aromatic rings. The molecule has 0 fully saturated rings. The number of amides is 1. The number of pyridine rings is 1. The summed E-state index contributed by atoms with van der Waals surface area (Å²) in [6.45, 7) is 2.81. The monoisotopic (exact) mass is 369 g/mol. The van der Waals surface area contributed by atoms with Crippen LogP contribution in [0.2, 0.25) is 0 Å². The molecule has 140 valence electrons. The molecule has 0 aliphatic heterocycles. The van der Waals surface area contributed by atoms with Gasteiger partial charge < -0.3 is 19.6 Å². The summed E-state index contributed by atoms with van der Waals surface area (Å²) in [4.78, 5) is 35.5. The standard InChI is InChI=1S/C17H19N7O3/c1-11(15-23-20-10-24(15)6-7-27-2)21-16(25)13-9-19-14(22-17(13)26)12-4-3-5-18-8-12/h3-5,8-11H,6-7H2,1-2H3,(H,21,25)(H,19,22,26)/t11-/m1/s1. The molecule has 3 heterocycles. The molecule has 27 heavy (non-hydrogen) atoms. The number of carbonyl (C=O) groups is 1. The summed E-state index contributed by atoms with van der Waals surface area (Å²) in [5.41, 5.74) is 0.0352. The zero-order valence-corrected chi connectivity index (χ0v) is 14.9. The molecule has 10 heteroatoms. The van der Waals surface area contributed by atoms with Crippen LogP contribution in [0.4, 0.5) is 0 Å². The number of hydrogen-bond donors (Lipinski definition) is 2. The lowest BCUT2D eigenvalue weighted by molar-refractivity contribution is 0.0935. The zero-order valence-electron chi connectivity index (χ0n) is 14.9. The van der Waals surface area contributed by atoms with Crippen LogP contribution >= 0.6 is 0 Å². The second kappa shape index (κ2) is 8.32. The molecule has 1 amide bonds. The summed E-state index contributed by atoms with van der Waals surface area (Å²) in [6, 6.07) is 3.05. The second-order valence-electron chi connectivity index (χ2n) is 5.79. The Kier molecular flexibility index (Phi) is 5.67. The SMILES string of the molecule is COCCn1cnnc1[C@@H](C)NC(=O)c1cnc(-c2cccnc2)[nH]c1=O. The summed E-state index contributed by atoms with van der Waals surface area (Å²) in [5, 5.41) is 10.6. The van der Waals surface area contributed by atoms with E-state index in [-0.39, 0.29) is 5.56 Å². The van der Waals surface area contributed by atoms with Crippen LogP contribution in [0.3, 0.4) is 0 Å². The van der Waals surface area contributed by atoms with Crippen LogP contribution in [0.5, 0.6) is 0 Å². The van der Waals surface area contributed by atoms with Crippen molar-refractivity contribution in [2.24, 2.45) is 0 Å². The molecule has 0 aliphatic carbocycles. The largest absolute Gasteiger partial charge is 0.383 e. The lowest BCUT2D eigenvalue weighted by Gasteiger charge is -2.14. The zero-order chi connectivity index (χ0) is 19.2. The fourth-order valence-electron chi connectivity index (χ4n) is 2.51. The number of nitrogens with zero attached hydrogens (tertiary/aromatic N) is 5. The van der Waals surface area contributed by atoms with E-state index in [1.165, 1.54) is 6.20 Å². The minimum absolute atomic E-state index is 0.0857. The Hall–Kier alpha value is -3.40. The van der Waals surface area contributed by atoms with E-state index in [2.05, 4.69) is 30.5 Å². The molecule has 1 atom stereocenters. The van der Waals surface area contributed by atoms with Crippen LogP contribution in [0, 0.1) is 0 Å². The van der Waals surface area contributed by atoms with E-state index in [4.69, 9.17) is 4.74 Å². The van der Waals surface area contributed by atoms with E-state index in [1.54, 1.807) is 49.5 Å². The fourth-order valence-corrected chi connectivity index (χ4v) is 2.51. The van der Waals surface area contributed by atoms with Crippen LogP contribution < -0.4 is 10.9 Å². The van der Waals surface area contributed by atoms with Gasteiger partial charge in [0.2, 0.25) is 0 Å². The third-order valence-electron chi connectivity index (χ3n) is 3.90. The summed E-state index contributed by atoms with van der Waals surface area (Å²) in [7, 11) is 1.60. The Morgan fingerprint density at radius 3 is 2.96 bits per heavy atom. The van der Waals surface area contributed by atoms with Gasteiger partial charge in [-0.15, -0.1) is 10.2 Å². The van der Waals surface area contributed by atoms with Gasteiger partial charge >= 0.3 is 0 Å². The number of H-pyrrole nitrogens is 1. The Morgan fingerprint density at radius 1 is 1.41 bits per heavy atom. The quantitative estimate of drug-likeness (QED) is 0.623. The average Bonchev–Trinajstić information content (AvgIpc) is 3.15. The maximum Gasteiger partial charge on any atom is 0.264 e. The number of aromatic amines is 1. The third-order valence-corrected chi connectivity index (χ3v) is 3.90. The van der Waals surface area contributed by atoms with Crippen molar-refractivity contribution in [3.63, 3.8) is 0 Å². The van der Waals surface area contributed by atoms with Gasteiger partial charge in [0.25, 0.3) is 11.5 Å². The predicted molar refractivity (Wildman–Crippen MR) is 95.9 cm³/mol. The van der Waals surface area contributed by atoms with E-state index >= 15 is 0 Å². The topological polar surface area (TPSA) is 128 Å². The van der Waals surface area contributed by atoms with Crippen LogP contribution in [0.15, 0.2) is 41.8 Å². The van der Waals surface area contributed by atoms with Crippen molar-refractivity contribution in [2.45, 2.75) is 19.5 Å². The first-order valence-electron chi connectivity index (χ1n) is 8.27. The van der Waals surface area contributed by atoms with Gasteiger partial charge in [-0.1, -0.05) is 0 Å². The van der Waals surface area contributed by atoms with Gasteiger partial charge in [0, 0.05) is 37.8 Å². The summed E-state index contributed by atoms with van der Waals surface area (Å²) >= 11 is 0. The molecule has 0 spiro atoms. The van der Waals surface area contributed by atoms with E-state index in [1.807, 2.05) is 0 Å². The summed E-state index contributed by atoms with van der Waals surface area (Å²) < 4.78 is 6.82. The van der Waals surface area contributed by atoms with E-state index in [0.717, 1.165) is 0 Å². The maximum atomic E-state index is 12.5. The molecule has 0 saturated carbocycles. The van der Waals surface area contributed by atoms with Crippen molar-refractivity contribution >= 4 is 5.91 Å². The third kappa shape index (κ3) is 4.23. The maximum absolute atomic E-state index is 12.5. The lowest BCUT2D eigenvalue weighted by atomic mass is 10.2. The van der Waals surface area contributed by atoms with Crippen LogP contribution in [0.1, 0.15) is 29.1 Å². The number of hydrogen-bond acceptors (Lipinski definition) is 7. The van der Waals surface area contributed by atoms with Gasteiger partial charge in [0.15, 0.2) is 5.82 Å². The minimum Gasteiger partial charge on any atom is -0.383 e. The average molecular weight is 369 g/mol. The summed E-state index contributed by atoms with van der Waals surface area (Å²) in [5.74, 6) is 0.365. The molecule has 3 aromatic heterocycles. The smallest absolute Gasteiger partial charge is 0.264 e. The van der Waals surface area contributed by atoms with E-state index in [0.29, 0.717) is 30.4 Å². The van der Waals surface area contributed by atoms with E-state index in [9.17, 15) is 9.59 Å². The molecule has 10 nitrogen and oxygen atoms in total. The second-order valence-corrected chi connectivity index (χ2v) is 5.79. The highest BCUT2D eigenvalue weighted by molar-refractivity contribution is 5.93. The first-order chi connectivity index (χ1) is 13.1. The number of nitrogens with one attached hydrogen (secondary N) is 2.